The van der Waals surface area contributed by atoms with Crippen LogP contribution in [0.4, 0.5) is 0 Å². The van der Waals surface area contributed by atoms with Crippen LogP contribution >= 0.6 is 0 Å². The monoisotopic (exact) mass is 440 g/mol. The number of rotatable bonds is 11. The molecule has 0 saturated heterocycles. The Morgan fingerprint density at radius 1 is 0.906 bits per heavy atom. The van der Waals surface area contributed by atoms with Gasteiger partial charge < -0.3 is 14.6 Å². The van der Waals surface area contributed by atoms with E-state index in [9.17, 15) is 9.90 Å². The zero-order valence-corrected chi connectivity index (χ0v) is 20.6. The molecule has 0 saturated carbocycles. The summed E-state index contributed by atoms with van der Waals surface area (Å²) in [4.78, 5) is 13.0. The third kappa shape index (κ3) is 7.89. The summed E-state index contributed by atoms with van der Waals surface area (Å²) in [6.07, 6.45) is 4.43. The lowest BCUT2D eigenvalue weighted by molar-refractivity contribution is -0.160. The number of phenolic OH excluding ortho intramolecular Hbond substituents is 1. The van der Waals surface area contributed by atoms with E-state index in [2.05, 4.69) is 26.0 Å². The number of hydrogen-bond acceptors (Lipinski definition) is 4. The number of ether oxygens (including phenoxy) is 2. The van der Waals surface area contributed by atoms with Crippen molar-refractivity contribution in [2.75, 3.05) is 7.11 Å². The SMILES string of the molecule is CCCC(CC(CC(CC)c1ccc(O)cc1)c1ccc(OC)cc1)C(=O)OC(C)(C)C. The zero-order valence-electron chi connectivity index (χ0n) is 20.6. The molecule has 0 heterocycles. The van der Waals surface area contributed by atoms with Crippen molar-refractivity contribution in [3.63, 3.8) is 0 Å². The van der Waals surface area contributed by atoms with E-state index in [1.807, 2.05) is 45.0 Å². The highest BCUT2D eigenvalue weighted by atomic mass is 16.6. The highest BCUT2D eigenvalue weighted by Gasteiger charge is 2.29. The van der Waals surface area contributed by atoms with Crippen molar-refractivity contribution < 1.29 is 19.4 Å². The topological polar surface area (TPSA) is 55.8 Å². The molecule has 1 N–H and O–H groups in total. The molecule has 176 valence electrons. The van der Waals surface area contributed by atoms with E-state index in [1.54, 1.807) is 19.2 Å². The second-order valence-corrected chi connectivity index (χ2v) is 9.66. The molecule has 0 aromatic heterocycles. The molecule has 0 aliphatic rings. The summed E-state index contributed by atoms with van der Waals surface area (Å²) in [6, 6.07) is 15.7. The summed E-state index contributed by atoms with van der Waals surface area (Å²) in [5.74, 6) is 1.42. The third-order valence-electron chi connectivity index (χ3n) is 5.96. The fourth-order valence-corrected chi connectivity index (χ4v) is 4.28. The summed E-state index contributed by atoms with van der Waals surface area (Å²) in [7, 11) is 1.67. The number of methoxy groups -OCH3 is 1. The van der Waals surface area contributed by atoms with Crippen molar-refractivity contribution in [3.05, 3.63) is 59.7 Å². The number of phenols is 1. The van der Waals surface area contributed by atoms with E-state index in [4.69, 9.17) is 9.47 Å². The van der Waals surface area contributed by atoms with Gasteiger partial charge in [-0.3, -0.25) is 4.79 Å². The lowest BCUT2D eigenvalue weighted by Crippen LogP contribution is -2.30. The number of hydrogen-bond donors (Lipinski definition) is 1. The third-order valence-corrected chi connectivity index (χ3v) is 5.96. The molecular formula is C28H40O4. The first kappa shape index (κ1) is 25.8. The van der Waals surface area contributed by atoms with Gasteiger partial charge in [0, 0.05) is 0 Å². The van der Waals surface area contributed by atoms with E-state index >= 15 is 0 Å². The largest absolute Gasteiger partial charge is 0.508 e. The van der Waals surface area contributed by atoms with E-state index in [1.165, 1.54) is 11.1 Å². The van der Waals surface area contributed by atoms with Crippen LogP contribution in [0, 0.1) is 5.92 Å². The average Bonchev–Trinajstić information content (AvgIpc) is 2.75. The Labute approximate surface area is 194 Å². The van der Waals surface area contributed by atoms with Crippen molar-refractivity contribution in [2.45, 2.75) is 84.2 Å². The Morgan fingerprint density at radius 2 is 1.47 bits per heavy atom. The first-order chi connectivity index (χ1) is 15.2. The fourth-order valence-electron chi connectivity index (χ4n) is 4.28. The van der Waals surface area contributed by atoms with Gasteiger partial charge in [0.05, 0.1) is 13.0 Å². The minimum Gasteiger partial charge on any atom is -0.508 e. The summed E-state index contributed by atoms with van der Waals surface area (Å²) in [5, 5.41) is 9.69. The molecule has 4 nitrogen and oxygen atoms in total. The summed E-state index contributed by atoms with van der Waals surface area (Å²) >= 11 is 0. The summed E-state index contributed by atoms with van der Waals surface area (Å²) < 4.78 is 11.1. The second-order valence-electron chi connectivity index (χ2n) is 9.66. The Morgan fingerprint density at radius 3 is 1.97 bits per heavy atom. The predicted molar refractivity (Wildman–Crippen MR) is 130 cm³/mol. The van der Waals surface area contributed by atoms with Crippen LogP contribution in [0.1, 0.15) is 89.7 Å². The molecule has 32 heavy (non-hydrogen) atoms. The zero-order chi connectivity index (χ0) is 23.7. The number of carbonyl (C=O) groups is 1. The van der Waals surface area contributed by atoms with Crippen molar-refractivity contribution >= 4 is 5.97 Å². The number of carbonyl (C=O) groups excluding carboxylic acids is 1. The van der Waals surface area contributed by atoms with Gasteiger partial charge in [-0.2, -0.15) is 0 Å². The van der Waals surface area contributed by atoms with Gasteiger partial charge in [-0.25, -0.2) is 0 Å². The Hall–Kier alpha value is -2.49. The molecule has 0 radical (unpaired) electrons. The molecule has 0 amide bonds. The quantitative estimate of drug-likeness (QED) is 0.375. The molecule has 0 aliphatic heterocycles. The number of aromatic hydroxyl groups is 1. The van der Waals surface area contributed by atoms with Crippen molar-refractivity contribution in [1.29, 1.82) is 0 Å². The van der Waals surface area contributed by atoms with Gasteiger partial charge in [-0.1, -0.05) is 44.5 Å². The number of benzene rings is 2. The van der Waals surface area contributed by atoms with E-state index in [-0.39, 0.29) is 23.6 Å². The molecule has 3 unspecified atom stereocenters. The van der Waals surface area contributed by atoms with Gasteiger partial charge in [0.25, 0.3) is 0 Å². The van der Waals surface area contributed by atoms with E-state index in [0.29, 0.717) is 5.92 Å². The first-order valence-electron chi connectivity index (χ1n) is 11.8. The minimum atomic E-state index is -0.489. The summed E-state index contributed by atoms with van der Waals surface area (Å²) in [6.45, 7) is 10.1. The standard InChI is InChI=1S/C28H40O4/c1-7-9-23(27(30)32-28(3,4)5)19-24(22-12-16-26(31-6)17-13-22)18-20(8-2)21-10-14-25(29)15-11-21/h10-17,20,23-24,29H,7-9,18-19H2,1-6H3. The Bertz CT molecular complexity index is 818. The first-order valence-corrected chi connectivity index (χ1v) is 11.8. The molecule has 0 fully saturated rings. The van der Waals surface area contributed by atoms with Crippen LogP contribution in [-0.4, -0.2) is 23.8 Å². The van der Waals surface area contributed by atoms with Gasteiger partial charge in [0.2, 0.25) is 0 Å². The highest BCUT2D eigenvalue weighted by molar-refractivity contribution is 5.73. The van der Waals surface area contributed by atoms with Crippen molar-refractivity contribution in [3.8, 4) is 11.5 Å². The van der Waals surface area contributed by atoms with Gasteiger partial charge in [-0.05, 0) is 93.7 Å². The molecule has 4 heteroatoms. The molecule has 2 aromatic rings. The van der Waals surface area contributed by atoms with Crippen LogP contribution in [-0.2, 0) is 9.53 Å². The molecular weight excluding hydrogens is 400 g/mol. The number of esters is 1. The maximum Gasteiger partial charge on any atom is 0.309 e. The maximum absolute atomic E-state index is 13.0. The van der Waals surface area contributed by atoms with Crippen LogP contribution in [0.5, 0.6) is 11.5 Å². The molecule has 2 rings (SSSR count). The smallest absolute Gasteiger partial charge is 0.309 e. The van der Waals surface area contributed by atoms with Gasteiger partial charge in [0.1, 0.15) is 17.1 Å². The van der Waals surface area contributed by atoms with Gasteiger partial charge >= 0.3 is 5.97 Å². The van der Waals surface area contributed by atoms with Gasteiger partial charge in [-0.15, -0.1) is 0 Å². The fraction of sp³-hybridized carbons (Fsp3) is 0.536. The lowest BCUT2D eigenvalue weighted by Gasteiger charge is -2.29. The normalized spacial score (nSPS) is 14.4. The Balaban J connectivity index is 2.33. The molecule has 0 aliphatic carbocycles. The van der Waals surface area contributed by atoms with Crippen LogP contribution < -0.4 is 4.74 Å². The van der Waals surface area contributed by atoms with Crippen molar-refractivity contribution in [1.82, 2.24) is 0 Å². The van der Waals surface area contributed by atoms with Crippen LogP contribution in [0.2, 0.25) is 0 Å². The summed E-state index contributed by atoms with van der Waals surface area (Å²) in [5.41, 5.74) is 1.94. The average molecular weight is 441 g/mol. The van der Waals surface area contributed by atoms with Crippen LogP contribution in [0.25, 0.3) is 0 Å². The van der Waals surface area contributed by atoms with Crippen LogP contribution in [0.15, 0.2) is 48.5 Å². The Kier molecular flexibility index (Phi) is 9.61. The van der Waals surface area contributed by atoms with Gasteiger partial charge in [0.15, 0.2) is 0 Å². The van der Waals surface area contributed by atoms with E-state index in [0.717, 1.165) is 37.9 Å². The second kappa shape index (κ2) is 11.9. The molecule has 0 bridgehead atoms. The highest BCUT2D eigenvalue weighted by Crippen LogP contribution is 2.38. The molecule has 3 atom stereocenters. The molecule has 2 aromatic carbocycles. The minimum absolute atomic E-state index is 0.101. The lowest BCUT2D eigenvalue weighted by atomic mass is 9.78. The van der Waals surface area contributed by atoms with E-state index < -0.39 is 5.60 Å². The van der Waals surface area contributed by atoms with Crippen LogP contribution in [0.3, 0.4) is 0 Å². The predicted octanol–water partition coefficient (Wildman–Crippen LogP) is 7.22. The van der Waals surface area contributed by atoms with Crippen molar-refractivity contribution in [2.24, 2.45) is 5.92 Å². The molecule has 0 spiro atoms. The maximum atomic E-state index is 13.0.